The van der Waals surface area contributed by atoms with E-state index in [-0.39, 0.29) is 29.2 Å². The predicted molar refractivity (Wildman–Crippen MR) is 104 cm³/mol. The third-order valence-electron chi connectivity index (χ3n) is 4.40. The SMILES string of the molecule is Cc1cc(NC(=O)CSc2nnnn2Cc2ccco2)n([C@H]2CCS(=O)(=O)C2)n1. The first-order chi connectivity index (χ1) is 13.9. The molecule has 1 saturated heterocycles. The third-order valence-corrected chi connectivity index (χ3v) is 7.10. The molecule has 0 aliphatic carbocycles. The van der Waals surface area contributed by atoms with E-state index in [4.69, 9.17) is 4.42 Å². The lowest BCUT2D eigenvalue weighted by Crippen LogP contribution is -2.21. The molecule has 11 nitrogen and oxygen atoms in total. The molecule has 1 aliphatic rings. The Kier molecular flexibility index (Phi) is 5.41. The minimum absolute atomic E-state index is 0.0350. The lowest BCUT2D eigenvalue weighted by molar-refractivity contribution is -0.113. The van der Waals surface area contributed by atoms with Gasteiger partial charge in [0.15, 0.2) is 9.84 Å². The van der Waals surface area contributed by atoms with Gasteiger partial charge in [0.1, 0.15) is 18.1 Å². The van der Waals surface area contributed by atoms with Crippen LogP contribution >= 0.6 is 11.8 Å². The van der Waals surface area contributed by atoms with E-state index in [0.717, 1.165) is 0 Å². The summed E-state index contributed by atoms with van der Waals surface area (Å²) in [5.74, 6) is 1.20. The number of anilines is 1. The summed E-state index contributed by atoms with van der Waals surface area (Å²) in [4.78, 5) is 12.5. The molecular formula is C16H19N7O4S2. The van der Waals surface area contributed by atoms with E-state index < -0.39 is 9.84 Å². The van der Waals surface area contributed by atoms with Gasteiger partial charge >= 0.3 is 0 Å². The number of hydrogen-bond acceptors (Lipinski definition) is 9. The highest BCUT2D eigenvalue weighted by Gasteiger charge is 2.31. The number of tetrazole rings is 1. The van der Waals surface area contributed by atoms with Crippen LogP contribution in [-0.4, -0.2) is 61.6 Å². The van der Waals surface area contributed by atoms with E-state index >= 15 is 0 Å². The molecule has 4 heterocycles. The molecule has 1 amide bonds. The smallest absolute Gasteiger partial charge is 0.235 e. The van der Waals surface area contributed by atoms with E-state index in [0.29, 0.717) is 35.4 Å². The quantitative estimate of drug-likeness (QED) is 0.534. The number of hydrogen-bond donors (Lipinski definition) is 1. The zero-order valence-electron chi connectivity index (χ0n) is 15.6. The van der Waals surface area contributed by atoms with Crippen LogP contribution in [0.25, 0.3) is 0 Å². The molecule has 3 aromatic heterocycles. The van der Waals surface area contributed by atoms with Crippen LogP contribution in [0.3, 0.4) is 0 Å². The summed E-state index contributed by atoms with van der Waals surface area (Å²) in [6, 6.07) is 5.06. The van der Waals surface area contributed by atoms with Crippen molar-refractivity contribution in [1.82, 2.24) is 30.0 Å². The first-order valence-electron chi connectivity index (χ1n) is 8.87. The average molecular weight is 438 g/mol. The topological polar surface area (TPSA) is 138 Å². The number of nitrogens with one attached hydrogen (secondary N) is 1. The molecule has 1 atom stereocenters. The highest BCUT2D eigenvalue weighted by Crippen LogP contribution is 2.27. The summed E-state index contributed by atoms with van der Waals surface area (Å²) in [6.07, 6.45) is 2.06. The highest BCUT2D eigenvalue weighted by molar-refractivity contribution is 7.99. The number of carbonyl (C=O) groups excluding carboxylic acids is 1. The van der Waals surface area contributed by atoms with Crippen LogP contribution in [0, 0.1) is 6.92 Å². The molecule has 3 aromatic rings. The number of furan rings is 1. The van der Waals surface area contributed by atoms with Gasteiger partial charge in [0, 0.05) is 6.07 Å². The number of carbonyl (C=O) groups is 1. The van der Waals surface area contributed by atoms with Crippen LogP contribution in [0.2, 0.25) is 0 Å². The van der Waals surface area contributed by atoms with Crippen molar-refractivity contribution in [3.8, 4) is 0 Å². The minimum atomic E-state index is -3.06. The number of sulfone groups is 1. The first kappa shape index (κ1) is 19.6. The van der Waals surface area contributed by atoms with E-state index in [2.05, 4.69) is 25.9 Å². The molecule has 0 aromatic carbocycles. The summed E-state index contributed by atoms with van der Waals surface area (Å²) in [6.45, 7) is 2.17. The van der Waals surface area contributed by atoms with Crippen molar-refractivity contribution in [1.29, 1.82) is 0 Å². The molecule has 0 unspecified atom stereocenters. The summed E-state index contributed by atoms with van der Waals surface area (Å²) in [5, 5.41) is 19.2. The maximum absolute atomic E-state index is 12.5. The Labute approximate surface area is 170 Å². The zero-order valence-corrected chi connectivity index (χ0v) is 17.2. The van der Waals surface area contributed by atoms with Crippen LogP contribution in [0.15, 0.2) is 34.0 Å². The molecule has 0 spiro atoms. The zero-order chi connectivity index (χ0) is 20.4. The van der Waals surface area contributed by atoms with Gasteiger partial charge in [-0.25, -0.2) is 17.8 Å². The molecule has 154 valence electrons. The van der Waals surface area contributed by atoms with Crippen molar-refractivity contribution in [3.05, 3.63) is 35.9 Å². The van der Waals surface area contributed by atoms with Gasteiger partial charge in [-0.3, -0.25) is 4.79 Å². The molecule has 0 radical (unpaired) electrons. The van der Waals surface area contributed by atoms with Crippen LogP contribution in [0.1, 0.15) is 23.9 Å². The molecule has 13 heteroatoms. The standard InChI is InChI=1S/C16H19N7O4S2/c1-11-7-14(23(19-11)12-4-6-29(25,26)10-12)17-15(24)9-28-16-18-20-21-22(16)8-13-3-2-5-27-13/h2-3,5,7,12H,4,6,8-10H2,1H3,(H,17,24)/t12-/m0/s1. The monoisotopic (exact) mass is 437 g/mol. The highest BCUT2D eigenvalue weighted by atomic mass is 32.2. The molecule has 0 saturated carbocycles. The van der Waals surface area contributed by atoms with Gasteiger partial charge in [-0.2, -0.15) is 5.10 Å². The van der Waals surface area contributed by atoms with Gasteiger partial charge in [-0.15, -0.1) is 5.10 Å². The van der Waals surface area contributed by atoms with Crippen molar-refractivity contribution >= 4 is 33.3 Å². The number of aromatic nitrogens is 6. The second-order valence-corrected chi connectivity index (χ2v) is 9.88. The van der Waals surface area contributed by atoms with E-state index in [1.165, 1.54) is 11.8 Å². The Morgan fingerprint density at radius 1 is 1.45 bits per heavy atom. The van der Waals surface area contributed by atoms with Gasteiger partial charge in [0.2, 0.25) is 11.1 Å². The summed E-state index contributed by atoms with van der Waals surface area (Å²) < 4.78 is 32.0. The second kappa shape index (κ2) is 7.99. The second-order valence-electron chi connectivity index (χ2n) is 6.71. The maximum Gasteiger partial charge on any atom is 0.235 e. The van der Waals surface area contributed by atoms with E-state index in [9.17, 15) is 13.2 Å². The third kappa shape index (κ3) is 4.67. The maximum atomic E-state index is 12.5. The van der Waals surface area contributed by atoms with Crippen molar-refractivity contribution in [2.45, 2.75) is 31.1 Å². The predicted octanol–water partition coefficient (Wildman–Crippen LogP) is 0.910. The average Bonchev–Trinajstić information content (AvgIpc) is 3.43. The molecule has 1 N–H and O–H groups in total. The molecule has 29 heavy (non-hydrogen) atoms. The van der Waals surface area contributed by atoms with Crippen molar-refractivity contribution in [2.75, 3.05) is 22.6 Å². The molecule has 0 bridgehead atoms. The van der Waals surface area contributed by atoms with Crippen molar-refractivity contribution in [3.63, 3.8) is 0 Å². The van der Waals surface area contributed by atoms with Gasteiger partial charge < -0.3 is 9.73 Å². The fourth-order valence-corrected chi connectivity index (χ4v) is 5.48. The Hall–Kier alpha value is -2.67. The number of rotatable bonds is 7. The lowest BCUT2D eigenvalue weighted by atomic mass is 10.3. The normalized spacial score (nSPS) is 18.2. The van der Waals surface area contributed by atoms with Gasteiger partial charge in [0.05, 0.1) is 35.3 Å². The first-order valence-corrected chi connectivity index (χ1v) is 11.7. The van der Waals surface area contributed by atoms with Crippen LogP contribution in [0.5, 0.6) is 0 Å². The fraction of sp³-hybridized carbons (Fsp3) is 0.438. The Morgan fingerprint density at radius 2 is 2.31 bits per heavy atom. The molecule has 1 aliphatic heterocycles. The molecular weight excluding hydrogens is 418 g/mol. The summed E-state index contributed by atoms with van der Waals surface area (Å²) in [7, 11) is -3.06. The summed E-state index contributed by atoms with van der Waals surface area (Å²) >= 11 is 1.20. The Morgan fingerprint density at radius 3 is 3.03 bits per heavy atom. The number of amides is 1. The van der Waals surface area contributed by atoms with Crippen LogP contribution in [0.4, 0.5) is 5.82 Å². The fourth-order valence-electron chi connectivity index (χ4n) is 3.11. The van der Waals surface area contributed by atoms with Gasteiger partial charge in [0.25, 0.3) is 0 Å². The number of nitrogens with zero attached hydrogens (tertiary/aromatic N) is 6. The Balaban J connectivity index is 1.38. The van der Waals surface area contributed by atoms with Gasteiger partial charge in [-0.05, 0) is 35.9 Å². The lowest BCUT2D eigenvalue weighted by Gasteiger charge is -2.13. The van der Waals surface area contributed by atoms with Crippen LogP contribution < -0.4 is 5.32 Å². The molecule has 4 rings (SSSR count). The largest absolute Gasteiger partial charge is 0.467 e. The number of thioether (sulfide) groups is 1. The minimum Gasteiger partial charge on any atom is -0.467 e. The van der Waals surface area contributed by atoms with Crippen molar-refractivity contribution < 1.29 is 17.6 Å². The number of aryl methyl sites for hydroxylation is 1. The molecule has 1 fully saturated rings. The van der Waals surface area contributed by atoms with E-state index in [1.807, 2.05) is 6.07 Å². The Bertz CT molecular complexity index is 1100. The van der Waals surface area contributed by atoms with Gasteiger partial charge in [-0.1, -0.05) is 11.8 Å². The summed E-state index contributed by atoms with van der Waals surface area (Å²) in [5.41, 5.74) is 0.708. The van der Waals surface area contributed by atoms with Crippen molar-refractivity contribution in [2.24, 2.45) is 0 Å². The van der Waals surface area contributed by atoms with Crippen LogP contribution in [-0.2, 0) is 21.2 Å². The van der Waals surface area contributed by atoms with E-state index in [1.54, 1.807) is 34.7 Å².